The summed E-state index contributed by atoms with van der Waals surface area (Å²) in [5.74, 6) is 0. The van der Waals surface area contributed by atoms with E-state index in [2.05, 4.69) is 4.52 Å². The summed E-state index contributed by atoms with van der Waals surface area (Å²) >= 11 is 0. The van der Waals surface area contributed by atoms with Crippen molar-refractivity contribution in [2.45, 2.75) is 24.5 Å². The van der Waals surface area contributed by atoms with Gasteiger partial charge >= 0.3 is 13.5 Å². The molecule has 2 fully saturated rings. The van der Waals surface area contributed by atoms with Crippen LogP contribution in [0.5, 0.6) is 0 Å². The SMILES string of the molecule is O=c1ccn([C@H]2O[C@H]3COP(=O)(O)O[C@@H]3[C@@H]2O)c(=O)[nH]1. The summed E-state index contributed by atoms with van der Waals surface area (Å²) in [6, 6.07) is 1.09. The van der Waals surface area contributed by atoms with Gasteiger partial charge in [0.25, 0.3) is 5.56 Å². The van der Waals surface area contributed by atoms with Gasteiger partial charge in [-0.2, -0.15) is 0 Å². The molecule has 2 aliphatic heterocycles. The van der Waals surface area contributed by atoms with Gasteiger partial charge in [-0.15, -0.1) is 0 Å². The zero-order chi connectivity index (χ0) is 14.5. The predicted octanol–water partition coefficient (Wildman–Crippen LogP) is -1.69. The molecule has 3 heterocycles. The Bertz CT molecular complexity index is 683. The van der Waals surface area contributed by atoms with E-state index < -0.39 is 43.6 Å². The number of hydrogen-bond acceptors (Lipinski definition) is 7. The van der Waals surface area contributed by atoms with Crippen LogP contribution in [0.3, 0.4) is 0 Å². The molecule has 1 aromatic heterocycles. The highest BCUT2D eigenvalue weighted by Crippen LogP contribution is 2.52. The molecule has 0 saturated carbocycles. The average Bonchev–Trinajstić information content (AvgIpc) is 2.66. The van der Waals surface area contributed by atoms with Gasteiger partial charge in [-0.05, 0) is 0 Å². The average molecular weight is 306 g/mol. The number of aliphatic hydroxyl groups is 1. The third-order valence-corrected chi connectivity index (χ3v) is 4.08. The molecule has 2 aliphatic rings. The van der Waals surface area contributed by atoms with Crippen LogP contribution < -0.4 is 11.2 Å². The predicted molar refractivity (Wildman–Crippen MR) is 61.9 cm³/mol. The van der Waals surface area contributed by atoms with Crippen molar-refractivity contribution in [1.29, 1.82) is 0 Å². The van der Waals surface area contributed by atoms with E-state index in [0.29, 0.717) is 0 Å². The first-order valence-electron chi connectivity index (χ1n) is 5.68. The number of hydrogen-bond donors (Lipinski definition) is 3. The fourth-order valence-corrected chi connectivity index (χ4v) is 3.16. The highest BCUT2D eigenvalue weighted by molar-refractivity contribution is 7.47. The lowest BCUT2D eigenvalue weighted by atomic mass is 10.1. The smallest absolute Gasteiger partial charge is 0.386 e. The Morgan fingerprint density at radius 3 is 2.90 bits per heavy atom. The van der Waals surface area contributed by atoms with Gasteiger partial charge in [0.1, 0.15) is 18.3 Å². The first-order chi connectivity index (χ1) is 9.37. The van der Waals surface area contributed by atoms with Gasteiger partial charge in [0.2, 0.25) is 0 Å². The van der Waals surface area contributed by atoms with Crippen molar-refractivity contribution < 1.29 is 28.3 Å². The summed E-state index contributed by atoms with van der Waals surface area (Å²) in [7, 11) is -4.22. The van der Waals surface area contributed by atoms with Gasteiger partial charge in [0, 0.05) is 12.3 Å². The number of phosphoric acid groups is 1. The van der Waals surface area contributed by atoms with Crippen molar-refractivity contribution in [1.82, 2.24) is 9.55 Å². The third kappa shape index (κ3) is 2.26. The highest BCUT2D eigenvalue weighted by Gasteiger charge is 2.52. The Morgan fingerprint density at radius 2 is 2.20 bits per heavy atom. The number of H-pyrrole nitrogens is 1. The second-order valence-corrected chi connectivity index (χ2v) is 5.81. The maximum atomic E-state index is 11.6. The van der Waals surface area contributed by atoms with Crippen molar-refractivity contribution in [2.75, 3.05) is 6.61 Å². The summed E-state index contributed by atoms with van der Waals surface area (Å²) in [5, 5.41) is 10.1. The van der Waals surface area contributed by atoms with Crippen molar-refractivity contribution in [2.24, 2.45) is 0 Å². The summed E-state index contributed by atoms with van der Waals surface area (Å²) in [6.45, 7) is -0.246. The number of nitrogens with zero attached hydrogens (tertiary/aromatic N) is 1. The second kappa shape index (κ2) is 4.62. The fourth-order valence-electron chi connectivity index (χ4n) is 2.19. The standard InChI is InChI=1S/C9H11N2O8P/c12-5-1-2-11(9(14)10-5)8-6(13)7-4(18-8)3-17-20(15,16)19-7/h1-2,4,6-8,13H,3H2,(H,15,16)(H,10,12,14)/t4-,6-,7-,8-/m0/s1. The molecule has 3 N–H and O–H groups in total. The Balaban J connectivity index is 1.92. The molecular weight excluding hydrogens is 295 g/mol. The van der Waals surface area contributed by atoms with Gasteiger partial charge in [-0.1, -0.05) is 0 Å². The van der Waals surface area contributed by atoms with E-state index in [1.807, 2.05) is 4.98 Å². The molecule has 1 unspecified atom stereocenters. The van der Waals surface area contributed by atoms with E-state index in [9.17, 15) is 24.2 Å². The number of ether oxygens (including phenoxy) is 1. The van der Waals surface area contributed by atoms with Gasteiger partial charge in [-0.25, -0.2) is 9.36 Å². The molecule has 11 heteroatoms. The molecule has 5 atom stereocenters. The molecule has 110 valence electrons. The van der Waals surface area contributed by atoms with E-state index in [1.54, 1.807) is 0 Å². The molecule has 0 aliphatic carbocycles. The van der Waals surface area contributed by atoms with Crippen molar-refractivity contribution in [3.05, 3.63) is 33.1 Å². The number of aromatic nitrogens is 2. The Hall–Kier alpha value is -1.29. The number of fused-ring (bicyclic) bond motifs is 1. The number of phosphoric ester groups is 1. The van der Waals surface area contributed by atoms with Crippen LogP contribution in [0.25, 0.3) is 0 Å². The molecule has 0 amide bonds. The minimum atomic E-state index is -4.22. The van der Waals surface area contributed by atoms with E-state index in [-0.39, 0.29) is 6.61 Å². The fraction of sp³-hybridized carbons (Fsp3) is 0.556. The Kier molecular flexibility index (Phi) is 3.16. The van der Waals surface area contributed by atoms with Crippen LogP contribution in [0.15, 0.2) is 21.9 Å². The second-order valence-electron chi connectivity index (χ2n) is 4.41. The summed E-state index contributed by atoms with van der Waals surface area (Å²) < 4.78 is 27.0. The van der Waals surface area contributed by atoms with Crippen LogP contribution in [-0.2, 0) is 18.3 Å². The van der Waals surface area contributed by atoms with Crippen LogP contribution in [0.1, 0.15) is 6.23 Å². The lowest BCUT2D eigenvalue weighted by Gasteiger charge is -2.27. The Morgan fingerprint density at radius 1 is 1.45 bits per heavy atom. The Labute approximate surface area is 111 Å². The van der Waals surface area contributed by atoms with Gasteiger partial charge in [-0.3, -0.25) is 23.4 Å². The van der Waals surface area contributed by atoms with Crippen molar-refractivity contribution >= 4 is 7.82 Å². The van der Waals surface area contributed by atoms with Crippen molar-refractivity contribution in [3.63, 3.8) is 0 Å². The maximum absolute atomic E-state index is 11.6. The molecular formula is C9H11N2O8P. The molecule has 0 bridgehead atoms. The topological polar surface area (TPSA) is 140 Å². The molecule has 0 radical (unpaired) electrons. The zero-order valence-electron chi connectivity index (χ0n) is 9.91. The van der Waals surface area contributed by atoms with Gasteiger partial charge < -0.3 is 14.7 Å². The summed E-state index contributed by atoms with van der Waals surface area (Å²) in [4.78, 5) is 33.9. The monoisotopic (exact) mass is 306 g/mol. The van der Waals surface area contributed by atoms with Crippen molar-refractivity contribution in [3.8, 4) is 0 Å². The quantitative estimate of drug-likeness (QED) is 0.522. The lowest BCUT2D eigenvalue weighted by molar-refractivity contribution is -0.0685. The summed E-state index contributed by atoms with van der Waals surface area (Å²) in [6.07, 6.45) is -3.22. The van der Waals surface area contributed by atoms with Crippen LogP contribution >= 0.6 is 7.82 Å². The molecule has 20 heavy (non-hydrogen) atoms. The molecule has 2 saturated heterocycles. The third-order valence-electron chi connectivity index (χ3n) is 3.09. The van der Waals surface area contributed by atoms with Crippen LogP contribution in [-0.4, -0.2) is 44.5 Å². The number of aromatic amines is 1. The number of nitrogens with one attached hydrogen (secondary N) is 1. The number of rotatable bonds is 1. The zero-order valence-corrected chi connectivity index (χ0v) is 10.8. The largest absolute Gasteiger partial charge is 0.472 e. The lowest BCUT2D eigenvalue weighted by Crippen LogP contribution is -2.40. The van der Waals surface area contributed by atoms with E-state index >= 15 is 0 Å². The normalized spacial score (nSPS) is 40.5. The van der Waals surface area contributed by atoms with E-state index in [4.69, 9.17) is 9.26 Å². The number of aliphatic hydroxyl groups excluding tert-OH is 1. The highest BCUT2D eigenvalue weighted by atomic mass is 31.2. The van der Waals surface area contributed by atoms with Gasteiger partial charge in [0.15, 0.2) is 6.23 Å². The first-order valence-corrected chi connectivity index (χ1v) is 7.18. The molecule has 0 aromatic carbocycles. The minimum Gasteiger partial charge on any atom is -0.386 e. The molecule has 1 aromatic rings. The van der Waals surface area contributed by atoms with Crippen LogP contribution in [0, 0.1) is 0 Å². The molecule has 10 nitrogen and oxygen atoms in total. The minimum absolute atomic E-state index is 0.246. The molecule has 3 rings (SSSR count). The molecule has 0 spiro atoms. The summed E-state index contributed by atoms with van der Waals surface area (Å²) in [5.41, 5.74) is -1.36. The van der Waals surface area contributed by atoms with Crippen LogP contribution in [0.2, 0.25) is 0 Å². The maximum Gasteiger partial charge on any atom is 0.472 e. The van der Waals surface area contributed by atoms with Gasteiger partial charge in [0.05, 0.1) is 6.61 Å². The van der Waals surface area contributed by atoms with Crippen LogP contribution in [0.4, 0.5) is 0 Å². The van der Waals surface area contributed by atoms with E-state index in [0.717, 1.165) is 16.8 Å². The van der Waals surface area contributed by atoms with E-state index in [1.165, 1.54) is 0 Å². The first kappa shape index (κ1) is 13.7.